The van der Waals surface area contributed by atoms with Crippen LogP contribution in [0, 0.1) is 11.6 Å². The van der Waals surface area contributed by atoms with Crippen LogP contribution in [0.25, 0.3) is 0 Å². The Bertz CT molecular complexity index is 369. The van der Waals surface area contributed by atoms with Crippen molar-refractivity contribution >= 4 is 11.6 Å². The van der Waals surface area contributed by atoms with Crippen molar-refractivity contribution < 1.29 is 13.6 Å². The molecule has 0 heterocycles. The van der Waals surface area contributed by atoms with Gasteiger partial charge in [-0.2, -0.15) is 0 Å². The molecule has 0 aliphatic rings. The van der Waals surface area contributed by atoms with Gasteiger partial charge in [-0.3, -0.25) is 4.79 Å². The van der Waals surface area contributed by atoms with Crippen LogP contribution in [0.2, 0.25) is 0 Å². The molecule has 1 aromatic rings. The normalized spacial score (nSPS) is 9.94. The molecule has 2 N–H and O–H groups in total. The highest BCUT2D eigenvalue weighted by atomic mass is 19.2. The summed E-state index contributed by atoms with van der Waals surface area (Å²) in [6, 6.07) is 3.41. The molecule has 1 amide bonds. The van der Waals surface area contributed by atoms with E-state index in [1.165, 1.54) is 6.07 Å². The first-order chi connectivity index (χ1) is 7.63. The molecule has 0 aliphatic carbocycles. The van der Waals surface area contributed by atoms with Gasteiger partial charge in [-0.15, -0.1) is 0 Å². The SMILES string of the molecule is CCCNC(=O)CNc1ccc(F)c(F)c1. The Labute approximate surface area is 92.8 Å². The zero-order valence-electron chi connectivity index (χ0n) is 9.02. The number of nitrogens with one attached hydrogen (secondary N) is 2. The average Bonchev–Trinajstić information content (AvgIpc) is 2.28. The van der Waals surface area contributed by atoms with E-state index in [4.69, 9.17) is 0 Å². The lowest BCUT2D eigenvalue weighted by molar-refractivity contribution is -0.119. The van der Waals surface area contributed by atoms with E-state index in [2.05, 4.69) is 10.6 Å². The highest BCUT2D eigenvalue weighted by molar-refractivity contribution is 5.80. The van der Waals surface area contributed by atoms with E-state index in [9.17, 15) is 13.6 Å². The molecule has 0 aromatic heterocycles. The number of rotatable bonds is 5. The lowest BCUT2D eigenvalue weighted by Crippen LogP contribution is -2.30. The van der Waals surface area contributed by atoms with Gasteiger partial charge in [0.05, 0.1) is 6.54 Å². The van der Waals surface area contributed by atoms with Gasteiger partial charge in [0.1, 0.15) is 0 Å². The molecule has 0 atom stereocenters. The van der Waals surface area contributed by atoms with Gasteiger partial charge in [0, 0.05) is 18.3 Å². The summed E-state index contributed by atoms with van der Waals surface area (Å²) >= 11 is 0. The van der Waals surface area contributed by atoms with E-state index < -0.39 is 11.6 Å². The molecule has 3 nitrogen and oxygen atoms in total. The summed E-state index contributed by atoms with van der Waals surface area (Å²) in [5.41, 5.74) is 0.380. The fourth-order valence-corrected chi connectivity index (χ4v) is 1.12. The summed E-state index contributed by atoms with van der Waals surface area (Å²) in [5.74, 6) is -2.01. The second kappa shape index (κ2) is 6.05. The van der Waals surface area contributed by atoms with Crippen LogP contribution >= 0.6 is 0 Å². The van der Waals surface area contributed by atoms with Gasteiger partial charge in [0.2, 0.25) is 5.91 Å². The van der Waals surface area contributed by atoms with Crippen molar-refractivity contribution in [2.45, 2.75) is 13.3 Å². The maximum absolute atomic E-state index is 12.8. The summed E-state index contributed by atoms with van der Waals surface area (Å²) < 4.78 is 25.4. The maximum Gasteiger partial charge on any atom is 0.239 e. The van der Waals surface area contributed by atoms with Crippen molar-refractivity contribution in [2.24, 2.45) is 0 Å². The quantitative estimate of drug-likeness (QED) is 0.808. The fourth-order valence-electron chi connectivity index (χ4n) is 1.12. The van der Waals surface area contributed by atoms with E-state index in [1.54, 1.807) is 0 Å². The van der Waals surface area contributed by atoms with Gasteiger partial charge in [-0.05, 0) is 18.6 Å². The molecule has 0 saturated heterocycles. The molecule has 0 saturated carbocycles. The van der Waals surface area contributed by atoms with Crippen molar-refractivity contribution in [3.63, 3.8) is 0 Å². The molecule has 0 fully saturated rings. The van der Waals surface area contributed by atoms with Crippen LogP contribution in [0.1, 0.15) is 13.3 Å². The number of carbonyl (C=O) groups excluding carboxylic acids is 1. The molecule has 88 valence electrons. The molecule has 0 bridgehead atoms. The van der Waals surface area contributed by atoms with E-state index >= 15 is 0 Å². The van der Waals surface area contributed by atoms with Gasteiger partial charge in [0.25, 0.3) is 0 Å². The van der Waals surface area contributed by atoms with Gasteiger partial charge in [-0.25, -0.2) is 8.78 Å². The van der Waals surface area contributed by atoms with Crippen molar-refractivity contribution in [3.8, 4) is 0 Å². The fraction of sp³-hybridized carbons (Fsp3) is 0.364. The van der Waals surface area contributed by atoms with E-state index in [0.29, 0.717) is 12.2 Å². The first kappa shape index (κ1) is 12.4. The number of benzene rings is 1. The first-order valence-electron chi connectivity index (χ1n) is 5.09. The maximum atomic E-state index is 12.8. The minimum atomic E-state index is -0.932. The second-order valence-corrected chi connectivity index (χ2v) is 3.33. The molecule has 0 spiro atoms. The summed E-state index contributed by atoms with van der Waals surface area (Å²) in [6.45, 7) is 2.60. The number of hydrogen-bond donors (Lipinski definition) is 2. The Kier molecular flexibility index (Phi) is 4.69. The number of halogens is 2. The number of anilines is 1. The number of amides is 1. The van der Waals surface area contributed by atoms with Crippen LogP contribution < -0.4 is 10.6 Å². The standard InChI is InChI=1S/C11H14F2N2O/c1-2-5-14-11(16)7-15-8-3-4-9(12)10(13)6-8/h3-4,6,15H,2,5,7H2,1H3,(H,14,16). The third kappa shape index (κ3) is 3.84. The molecular weight excluding hydrogens is 214 g/mol. The lowest BCUT2D eigenvalue weighted by Gasteiger charge is -2.07. The molecule has 16 heavy (non-hydrogen) atoms. The van der Waals surface area contributed by atoms with Gasteiger partial charge in [-0.1, -0.05) is 6.92 Å². The molecule has 5 heteroatoms. The Balaban J connectivity index is 2.42. The zero-order valence-corrected chi connectivity index (χ0v) is 9.02. The minimum Gasteiger partial charge on any atom is -0.376 e. The second-order valence-electron chi connectivity index (χ2n) is 3.33. The largest absolute Gasteiger partial charge is 0.376 e. The number of hydrogen-bond acceptors (Lipinski definition) is 2. The van der Waals surface area contributed by atoms with Crippen LogP contribution in [0.4, 0.5) is 14.5 Å². The Hall–Kier alpha value is -1.65. The predicted molar refractivity (Wildman–Crippen MR) is 58.1 cm³/mol. The van der Waals surface area contributed by atoms with Crippen LogP contribution in [0.15, 0.2) is 18.2 Å². The van der Waals surface area contributed by atoms with Gasteiger partial charge >= 0.3 is 0 Å². The predicted octanol–water partition coefficient (Wildman–Crippen LogP) is 1.90. The summed E-state index contributed by atoms with van der Waals surface area (Å²) in [5, 5.41) is 5.36. The van der Waals surface area contributed by atoms with Crippen LogP contribution in [0.3, 0.4) is 0 Å². The smallest absolute Gasteiger partial charge is 0.239 e. The van der Waals surface area contributed by atoms with Crippen LogP contribution in [-0.2, 0) is 4.79 Å². The molecular formula is C11H14F2N2O. The van der Waals surface area contributed by atoms with Crippen molar-refractivity contribution in [2.75, 3.05) is 18.4 Å². The highest BCUT2D eigenvalue weighted by Gasteiger charge is 2.03. The average molecular weight is 228 g/mol. The lowest BCUT2D eigenvalue weighted by atomic mass is 10.3. The van der Waals surface area contributed by atoms with E-state index in [-0.39, 0.29) is 12.5 Å². The molecule has 0 radical (unpaired) electrons. The van der Waals surface area contributed by atoms with E-state index in [1.807, 2.05) is 6.92 Å². The summed E-state index contributed by atoms with van der Waals surface area (Å²) in [6.07, 6.45) is 0.858. The van der Waals surface area contributed by atoms with Crippen molar-refractivity contribution in [3.05, 3.63) is 29.8 Å². The molecule has 0 aliphatic heterocycles. The Morgan fingerprint density at radius 3 is 2.69 bits per heavy atom. The van der Waals surface area contributed by atoms with Crippen LogP contribution in [0.5, 0.6) is 0 Å². The first-order valence-corrected chi connectivity index (χ1v) is 5.09. The van der Waals surface area contributed by atoms with Crippen molar-refractivity contribution in [1.29, 1.82) is 0 Å². The topological polar surface area (TPSA) is 41.1 Å². The molecule has 0 unspecified atom stereocenters. The van der Waals surface area contributed by atoms with Gasteiger partial charge in [0.15, 0.2) is 11.6 Å². The monoisotopic (exact) mass is 228 g/mol. The molecule has 1 aromatic carbocycles. The van der Waals surface area contributed by atoms with Crippen molar-refractivity contribution in [1.82, 2.24) is 5.32 Å². The summed E-state index contributed by atoms with van der Waals surface area (Å²) in [7, 11) is 0. The third-order valence-electron chi connectivity index (χ3n) is 1.94. The Morgan fingerprint density at radius 2 is 2.06 bits per heavy atom. The van der Waals surface area contributed by atoms with E-state index in [0.717, 1.165) is 18.6 Å². The third-order valence-corrected chi connectivity index (χ3v) is 1.94. The van der Waals surface area contributed by atoms with Crippen LogP contribution in [-0.4, -0.2) is 19.0 Å². The Morgan fingerprint density at radius 1 is 1.31 bits per heavy atom. The minimum absolute atomic E-state index is 0.0467. The summed E-state index contributed by atoms with van der Waals surface area (Å²) in [4.78, 5) is 11.2. The highest BCUT2D eigenvalue weighted by Crippen LogP contribution is 2.12. The van der Waals surface area contributed by atoms with Gasteiger partial charge < -0.3 is 10.6 Å². The number of carbonyl (C=O) groups is 1. The zero-order chi connectivity index (χ0) is 12.0. The molecule has 1 rings (SSSR count).